The third-order valence-corrected chi connectivity index (χ3v) is 7.50. The van der Waals surface area contributed by atoms with Crippen molar-refractivity contribution in [1.29, 1.82) is 0 Å². The molecule has 0 radical (unpaired) electrons. The van der Waals surface area contributed by atoms with E-state index in [1.807, 2.05) is 37.5 Å². The number of benzene rings is 1. The quantitative estimate of drug-likeness (QED) is 0.416. The van der Waals surface area contributed by atoms with Crippen molar-refractivity contribution in [3.05, 3.63) is 54.4 Å². The largest absolute Gasteiger partial charge is 0.467 e. The van der Waals surface area contributed by atoms with Gasteiger partial charge in [-0.15, -0.1) is 0 Å². The predicted octanol–water partition coefficient (Wildman–Crippen LogP) is 3.32. The number of amides is 2. The summed E-state index contributed by atoms with van der Waals surface area (Å²) in [6.45, 7) is 5.66. The fourth-order valence-electron chi connectivity index (χ4n) is 5.33. The van der Waals surface area contributed by atoms with Crippen LogP contribution >= 0.6 is 0 Å². The number of esters is 1. The second-order valence-corrected chi connectivity index (χ2v) is 10.1. The zero-order valence-corrected chi connectivity index (χ0v) is 22.4. The summed E-state index contributed by atoms with van der Waals surface area (Å²) in [7, 11) is 4.70. The van der Waals surface area contributed by atoms with Crippen LogP contribution in [-0.4, -0.2) is 71.6 Å². The minimum absolute atomic E-state index is 0.0947. The molecular formula is C28H36N4O6. The van der Waals surface area contributed by atoms with E-state index in [0.29, 0.717) is 5.57 Å². The lowest BCUT2D eigenvalue weighted by Crippen LogP contribution is -2.53. The van der Waals surface area contributed by atoms with Gasteiger partial charge in [0.05, 0.1) is 19.9 Å². The first kappa shape index (κ1) is 27.4. The van der Waals surface area contributed by atoms with Crippen LogP contribution in [0.15, 0.2) is 48.8 Å². The normalized spacial score (nSPS) is 22.2. The van der Waals surface area contributed by atoms with Crippen molar-refractivity contribution in [2.24, 2.45) is 7.05 Å². The molecule has 1 saturated heterocycles. The van der Waals surface area contributed by atoms with Crippen LogP contribution < -0.4 is 5.32 Å². The molecule has 0 spiro atoms. The van der Waals surface area contributed by atoms with Gasteiger partial charge in [-0.25, -0.2) is 9.59 Å². The summed E-state index contributed by atoms with van der Waals surface area (Å²) in [5.41, 5.74) is 2.25. The van der Waals surface area contributed by atoms with Crippen molar-refractivity contribution >= 4 is 18.0 Å². The van der Waals surface area contributed by atoms with E-state index in [4.69, 9.17) is 14.2 Å². The molecule has 204 valence electrons. The number of likely N-dealkylation sites (tertiary alicyclic amines) is 1. The van der Waals surface area contributed by atoms with Gasteiger partial charge >= 0.3 is 12.1 Å². The molecule has 0 unspecified atom stereocenters. The Morgan fingerprint density at radius 1 is 1.13 bits per heavy atom. The highest BCUT2D eigenvalue weighted by atomic mass is 16.6. The van der Waals surface area contributed by atoms with Gasteiger partial charge in [0, 0.05) is 32.3 Å². The number of aryl methyl sites for hydroxylation is 1. The summed E-state index contributed by atoms with van der Waals surface area (Å²) in [6.07, 6.45) is 6.73. The maximum Gasteiger partial charge on any atom is 0.408 e. The Hall–Kier alpha value is -3.66. The van der Waals surface area contributed by atoms with E-state index in [9.17, 15) is 14.4 Å². The van der Waals surface area contributed by atoms with E-state index in [0.717, 1.165) is 42.4 Å². The molecule has 2 heterocycles. The highest BCUT2D eigenvalue weighted by Crippen LogP contribution is 2.40. The van der Waals surface area contributed by atoms with Gasteiger partial charge in [0.25, 0.3) is 0 Å². The number of aromatic nitrogens is 2. The SMILES string of the molecule is C=C(C)[C@H](NC(=O)OC1CCCC1)C(=O)N1C[C@](OC)(c2ccc(-c3cnn(C)c3)cc2)C[C@H]1C(=O)OC. The third kappa shape index (κ3) is 5.60. The van der Waals surface area contributed by atoms with Crippen LogP contribution in [0.1, 0.15) is 44.6 Å². The summed E-state index contributed by atoms with van der Waals surface area (Å²) in [5.74, 6) is -1.03. The number of methoxy groups -OCH3 is 2. The summed E-state index contributed by atoms with van der Waals surface area (Å²) in [4.78, 5) is 40.6. The minimum atomic E-state index is -1.06. The van der Waals surface area contributed by atoms with Gasteiger partial charge in [0.15, 0.2) is 0 Å². The average Bonchev–Trinajstić information content (AvgIpc) is 3.67. The van der Waals surface area contributed by atoms with Crippen LogP contribution in [0.3, 0.4) is 0 Å². The predicted molar refractivity (Wildman–Crippen MR) is 140 cm³/mol. The molecule has 2 fully saturated rings. The topological polar surface area (TPSA) is 112 Å². The molecule has 1 aliphatic carbocycles. The molecule has 1 saturated carbocycles. The zero-order chi connectivity index (χ0) is 27.4. The molecule has 2 amide bonds. The number of hydrogen-bond donors (Lipinski definition) is 1. The Kier molecular flexibility index (Phi) is 8.20. The lowest BCUT2D eigenvalue weighted by Gasteiger charge is -2.30. The lowest BCUT2D eigenvalue weighted by molar-refractivity contribution is -0.151. The van der Waals surface area contributed by atoms with E-state index in [2.05, 4.69) is 17.0 Å². The highest BCUT2D eigenvalue weighted by Gasteiger charge is 2.52. The molecule has 1 N–H and O–H groups in total. The molecule has 4 rings (SSSR count). The Balaban J connectivity index is 1.57. The highest BCUT2D eigenvalue weighted by molar-refractivity contribution is 5.92. The number of nitrogens with one attached hydrogen (secondary N) is 1. The molecule has 38 heavy (non-hydrogen) atoms. The second-order valence-electron chi connectivity index (χ2n) is 10.1. The smallest absolute Gasteiger partial charge is 0.408 e. The number of rotatable bonds is 8. The molecular weight excluding hydrogens is 488 g/mol. The third-order valence-electron chi connectivity index (χ3n) is 7.50. The summed E-state index contributed by atoms with van der Waals surface area (Å²) in [5, 5.41) is 6.88. The standard InChI is InChI=1S/C28H36N4O6/c1-18(2)24(30-27(35)38-22-8-6-7-9-22)25(33)32-17-28(37-5,14-23(32)26(34)36-4)21-12-10-19(11-13-21)20-15-29-31(3)16-20/h10-13,15-16,22-24H,1,6-9,14,17H2,2-5H3,(H,30,35)/t23-,24-,28-/m0/s1. The molecule has 0 bridgehead atoms. The number of carbonyl (C=O) groups is 3. The van der Waals surface area contributed by atoms with Gasteiger partial charge in [0.1, 0.15) is 23.8 Å². The first-order valence-corrected chi connectivity index (χ1v) is 12.8. The van der Waals surface area contributed by atoms with Crippen molar-refractivity contribution in [2.45, 2.75) is 62.8 Å². The average molecular weight is 525 g/mol. The summed E-state index contributed by atoms with van der Waals surface area (Å²) < 4.78 is 18.3. The van der Waals surface area contributed by atoms with Gasteiger partial charge in [-0.05, 0) is 49.3 Å². The monoisotopic (exact) mass is 524 g/mol. The van der Waals surface area contributed by atoms with Crippen LogP contribution in [0.4, 0.5) is 4.79 Å². The van der Waals surface area contributed by atoms with Crippen LogP contribution in [0.2, 0.25) is 0 Å². The summed E-state index contributed by atoms with van der Waals surface area (Å²) in [6, 6.07) is 5.82. The molecule has 10 nitrogen and oxygen atoms in total. The molecule has 3 atom stereocenters. The number of ether oxygens (including phenoxy) is 3. The fraction of sp³-hybridized carbons (Fsp3) is 0.500. The van der Waals surface area contributed by atoms with Gasteiger partial charge in [-0.2, -0.15) is 5.10 Å². The Labute approximate surface area is 222 Å². The van der Waals surface area contributed by atoms with Gasteiger partial charge in [-0.1, -0.05) is 30.8 Å². The van der Waals surface area contributed by atoms with Crippen molar-refractivity contribution in [3.8, 4) is 11.1 Å². The van der Waals surface area contributed by atoms with E-state index in [1.54, 1.807) is 24.9 Å². The number of alkyl carbamates (subject to hydrolysis) is 1. The molecule has 10 heteroatoms. The van der Waals surface area contributed by atoms with Crippen LogP contribution in [0, 0.1) is 0 Å². The molecule has 1 aromatic carbocycles. The minimum Gasteiger partial charge on any atom is -0.467 e. The van der Waals surface area contributed by atoms with E-state index in [-0.39, 0.29) is 19.1 Å². The Bertz CT molecular complexity index is 1190. The molecule has 2 aliphatic rings. The number of carbonyl (C=O) groups excluding carboxylic acids is 3. The molecule has 1 aromatic heterocycles. The van der Waals surface area contributed by atoms with Gasteiger partial charge < -0.3 is 24.4 Å². The van der Waals surface area contributed by atoms with Crippen LogP contribution in [-0.2, 0) is 36.4 Å². The van der Waals surface area contributed by atoms with Crippen molar-refractivity contribution in [1.82, 2.24) is 20.0 Å². The second kappa shape index (κ2) is 11.4. The van der Waals surface area contributed by atoms with Crippen molar-refractivity contribution < 1.29 is 28.6 Å². The van der Waals surface area contributed by atoms with Crippen molar-refractivity contribution in [2.75, 3.05) is 20.8 Å². The molecule has 2 aromatic rings. The molecule has 1 aliphatic heterocycles. The van der Waals surface area contributed by atoms with Crippen LogP contribution in [0.25, 0.3) is 11.1 Å². The van der Waals surface area contributed by atoms with Gasteiger partial charge in [0.2, 0.25) is 5.91 Å². The zero-order valence-electron chi connectivity index (χ0n) is 22.4. The first-order valence-electron chi connectivity index (χ1n) is 12.8. The van der Waals surface area contributed by atoms with E-state index in [1.165, 1.54) is 12.0 Å². The summed E-state index contributed by atoms with van der Waals surface area (Å²) >= 11 is 0. The van der Waals surface area contributed by atoms with E-state index < -0.39 is 35.7 Å². The number of hydrogen-bond acceptors (Lipinski definition) is 7. The Morgan fingerprint density at radius 3 is 2.37 bits per heavy atom. The van der Waals surface area contributed by atoms with Crippen molar-refractivity contribution in [3.63, 3.8) is 0 Å². The lowest BCUT2D eigenvalue weighted by atomic mass is 9.89. The maximum absolute atomic E-state index is 13.8. The fourth-order valence-corrected chi connectivity index (χ4v) is 5.33. The Morgan fingerprint density at radius 2 is 1.82 bits per heavy atom. The number of nitrogens with zero attached hydrogens (tertiary/aromatic N) is 3. The van der Waals surface area contributed by atoms with E-state index >= 15 is 0 Å². The first-order chi connectivity index (χ1) is 18.2. The van der Waals surface area contributed by atoms with Gasteiger partial charge in [-0.3, -0.25) is 9.48 Å². The van der Waals surface area contributed by atoms with Crippen LogP contribution in [0.5, 0.6) is 0 Å². The maximum atomic E-state index is 13.8.